The quantitative estimate of drug-likeness (QED) is 0.882. The number of carboxylic acids is 1. The topological polar surface area (TPSA) is 66.8 Å². The Morgan fingerprint density at radius 2 is 1.70 bits per heavy atom. The van der Waals surface area contributed by atoms with E-state index < -0.39 is 23.7 Å². The molecule has 1 heterocycles. The average Bonchev–Trinajstić information content (AvgIpc) is 2.60. The molecule has 0 saturated heterocycles. The molecule has 0 fully saturated rings. The lowest BCUT2D eigenvalue weighted by Gasteiger charge is -2.40. The molecule has 2 aromatic carbocycles. The Morgan fingerprint density at radius 3 is 2.33 bits per heavy atom. The first-order chi connectivity index (χ1) is 12.8. The monoisotopic (exact) mass is 367 g/mol. The van der Waals surface area contributed by atoms with E-state index in [1.54, 1.807) is 20.8 Å². The number of fused-ring (bicyclic) bond motifs is 1. The minimum absolute atomic E-state index is 0.230. The van der Waals surface area contributed by atoms with Crippen LogP contribution in [0.1, 0.15) is 43.4 Å². The van der Waals surface area contributed by atoms with Crippen molar-refractivity contribution in [1.29, 1.82) is 0 Å². The lowest BCUT2D eigenvalue weighted by atomic mass is 9.79. The van der Waals surface area contributed by atoms with Crippen LogP contribution in [0.5, 0.6) is 0 Å². The van der Waals surface area contributed by atoms with Gasteiger partial charge in [0.1, 0.15) is 11.6 Å². The SMILES string of the molecule is CC(C)(C)OC(=O)N1Cc2ccccc2[C@@H](Cc2ccccc2)[C@@H]1C(=O)O. The van der Waals surface area contributed by atoms with E-state index >= 15 is 0 Å². The third-order valence-corrected chi connectivity index (χ3v) is 4.69. The highest BCUT2D eigenvalue weighted by Crippen LogP contribution is 2.36. The number of nitrogens with zero attached hydrogens (tertiary/aromatic N) is 1. The lowest BCUT2D eigenvalue weighted by Crippen LogP contribution is -2.52. The number of hydrogen-bond acceptors (Lipinski definition) is 3. The maximum Gasteiger partial charge on any atom is 0.411 e. The minimum Gasteiger partial charge on any atom is -0.480 e. The van der Waals surface area contributed by atoms with Crippen molar-refractivity contribution in [2.24, 2.45) is 0 Å². The molecule has 2 aromatic rings. The van der Waals surface area contributed by atoms with Gasteiger partial charge in [-0.2, -0.15) is 0 Å². The van der Waals surface area contributed by atoms with Gasteiger partial charge in [0.25, 0.3) is 0 Å². The van der Waals surface area contributed by atoms with E-state index in [9.17, 15) is 14.7 Å². The minimum atomic E-state index is -1.02. The van der Waals surface area contributed by atoms with Gasteiger partial charge < -0.3 is 9.84 Å². The summed E-state index contributed by atoms with van der Waals surface area (Å²) in [5, 5.41) is 9.98. The van der Waals surface area contributed by atoms with E-state index in [1.165, 1.54) is 4.90 Å². The fraction of sp³-hybridized carbons (Fsp3) is 0.364. The Kier molecular flexibility index (Phi) is 5.22. The van der Waals surface area contributed by atoms with Gasteiger partial charge in [0.05, 0.1) is 6.54 Å². The summed E-state index contributed by atoms with van der Waals surface area (Å²) >= 11 is 0. The molecule has 1 N–H and O–H groups in total. The highest BCUT2D eigenvalue weighted by atomic mass is 16.6. The molecule has 1 aliphatic rings. The molecular formula is C22H25NO4. The van der Waals surface area contributed by atoms with Crippen molar-refractivity contribution in [3.63, 3.8) is 0 Å². The lowest BCUT2D eigenvalue weighted by molar-refractivity contribution is -0.144. The molecule has 1 aliphatic heterocycles. The van der Waals surface area contributed by atoms with Crippen molar-refractivity contribution in [2.75, 3.05) is 0 Å². The van der Waals surface area contributed by atoms with Crippen molar-refractivity contribution in [3.05, 3.63) is 71.3 Å². The van der Waals surface area contributed by atoms with Crippen molar-refractivity contribution >= 4 is 12.1 Å². The van der Waals surface area contributed by atoms with E-state index in [0.29, 0.717) is 6.42 Å². The smallest absolute Gasteiger partial charge is 0.411 e. The van der Waals surface area contributed by atoms with Crippen LogP contribution in [0.2, 0.25) is 0 Å². The van der Waals surface area contributed by atoms with Crippen molar-refractivity contribution in [1.82, 2.24) is 4.90 Å². The van der Waals surface area contributed by atoms with Crippen LogP contribution in [0.25, 0.3) is 0 Å². The van der Waals surface area contributed by atoms with Gasteiger partial charge in [-0.25, -0.2) is 9.59 Å². The zero-order chi connectivity index (χ0) is 19.6. The number of aliphatic carboxylic acids is 1. The molecule has 1 amide bonds. The van der Waals surface area contributed by atoms with E-state index in [-0.39, 0.29) is 12.5 Å². The van der Waals surface area contributed by atoms with Crippen molar-refractivity contribution in [3.8, 4) is 0 Å². The zero-order valence-corrected chi connectivity index (χ0v) is 15.9. The number of carbonyl (C=O) groups is 2. The average molecular weight is 367 g/mol. The van der Waals surface area contributed by atoms with Crippen molar-refractivity contribution in [2.45, 2.75) is 51.3 Å². The second-order valence-corrected chi connectivity index (χ2v) is 7.89. The number of rotatable bonds is 3. The Morgan fingerprint density at radius 1 is 1.07 bits per heavy atom. The standard InChI is InChI=1S/C22H25NO4/c1-22(2,3)27-21(26)23-14-16-11-7-8-12-17(16)18(19(23)20(24)25)13-15-9-5-4-6-10-15/h4-12,18-19H,13-14H2,1-3H3,(H,24,25)/t18-,19-/m1/s1. The molecule has 0 aliphatic carbocycles. The van der Waals surface area contributed by atoms with Gasteiger partial charge in [0, 0.05) is 5.92 Å². The zero-order valence-electron chi connectivity index (χ0n) is 15.9. The summed E-state index contributed by atoms with van der Waals surface area (Å²) < 4.78 is 5.49. The van der Waals surface area contributed by atoms with Gasteiger partial charge in [-0.1, -0.05) is 54.6 Å². The molecule has 0 radical (unpaired) electrons. The summed E-state index contributed by atoms with van der Waals surface area (Å²) in [5.74, 6) is -1.36. The van der Waals surface area contributed by atoms with E-state index in [0.717, 1.165) is 16.7 Å². The van der Waals surface area contributed by atoms with Crippen LogP contribution in [-0.4, -0.2) is 33.7 Å². The molecule has 2 atom stereocenters. The number of carbonyl (C=O) groups excluding carboxylic acids is 1. The first-order valence-electron chi connectivity index (χ1n) is 9.10. The second-order valence-electron chi connectivity index (χ2n) is 7.89. The Balaban J connectivity index is 2.02. The highest BCUT2D eigenvalue weighted by molar-refractivity contribution is 5.82. The maximum atomic E-state index is 12.8. The van der Waals surface area contributed by atoms with Crippen LogP contribution in [0.4, 0.5) is 4.79 Å². The molecular weight excluding hydrogens is 342 g/mol. The van der Waals surface area contributed by atoms with Crippen LogP contribution in [0, 0.1) is 0 Å². The summed E-state index contributed by atoms with van der Waals surface area (Å²) in [4.78, 5) is 26.3. The first-order valence-corrected chi connectivity index (χ1v) is 9.10. The Hall–Kier alpha value is -2.82. The van der Waals surface area contributed by atoms with Gasteiger partial charge in [0.2, 0.25) is 0 Å². The largest absolute Gasteiger partial charge is 0.480 e. The Bertz CT molecular complexity index is 826. The van der Waals surface area contributed by atoms with E-state index in [4.69, 9.17) is 4.74 Å². The normalized spacial score (nSPS) is 19.3. The predicted octanol–water partition coefficient (Wildman–Crippen LogP) is 4.22. The summed E-state index contributed by atoms with van der Waals surface area (Å²) in [6.45, 7) is 5.56. The van der Waals surface area contributed by atoms with Crippen LogP contribution >= 0.6 is 0 Å². The number of benzene rings is 2. The fourth-order valence-electron chi connectivity index (χ4n) is 3.60. The van der Waals surface area contributed by atoms with Crippen LogP contribution in [-0.2, 0) is 22.5 Å². The molecule has 0 bridgehead atoms. The summed E-state index contributed by atoms with van der Waals surface area (Å²) in [6, 6.07) is 16.5. The molecule has 0 unspecified atom stereocenters. The number of carboxylic acid groups (broad SMARTS) is 1. The molecule has 0 aromatic heterocycles. The molecule has 0 spiro atoms. The summed E-state index contributed by atoms with van der Waals surface area (Å²) in [6.07, 6.45) is -0.0591. The van der Waals surface area contributed by atoms with Crippen molar-refractivity contribution < 1.29 is 19.4 Å². The maximum absolute atomic E-state index is 12.8. The summed E-state index contributed by atoms with van der Waals surface area (Å²) in [7, 11) is 0. The number of hydrogen-bond donors (Lipinski definition) is 1. The van der Waals surface area contributed by atoms with Gasteiger partial charge in [0.15, 0.2) is 0 Å². The molecule has 5 nitrogen and oxygen atoms in total. The van der Waals surface area contributed by atoms with Gasteiger partial charge in [-0.15, -0.1) is 0 Å². The second kappa shape index (κ2) is 7.43. The summed E-state index contributed by atoms with van der Waals surface area (Å²) in [5.41, 5.74) is 2.29. The molecule has 27 heavy (non-hydrogen) atoms. The van der Waals surface area contributed by atoms with E-state index in [2.05, 4.69) is 0 Å². The fourth-order valence-corrected chi connectivity index (χ4v) is 3.60. The molecule has 0 saturated carbocycles. The molecule has 5 heteroatoms. The molecule has 142 valence electrons. The van der Waals surface area contributed by atoms with Crippen LogP contribution in [0.15, 0.2) is 54.6 Å². The van der Waals surface area contributed by atoms with E-state index in [1.807, 2.05) is 54.6 Å². The third-order valence-electron chi connectivity index (χ3n) is 4.69. The van der Waals surface area contributed by atoms with Gasteiger partial charge >= 0.3 is 12.1 Å². The van der Waals surface area contributed by atoms with Crippen LogP contribution in [0.3, 0.4) is 0 Å². The number of ether oxygens (including phenoxy) is 1. The van der Waals surface area contributed by atoms with Crippen LogP contribution < -0.4 is 0 Å². The Labute approximate surface area is 159 Å². The van der Waals surface area contributed by atoms with Gasteiger partial charge in [-0.3, -0.25) is 4.90 Å². The number of amides is 1. The highest BCUT2D eigenvalue weighted by Gasteiger charge is 2.43. The molecule has 3 rings (SSSR count). The predicted molar refractivity (Wildman–Crippen MR) is 103 cm³/mol. The van der Waals surface area contributed by atoms with Gasteiger partial charge in [-0.05, 0) is 43.9 Å². The third kappa shape index (κ3) is 4.30. The first kappa shape index (κ1) is 19.0.